The van der Waals surface area contributed by atoms with E-state index in [0.29, 0.717) is 18.9 Å². The van der Waals surface area contributed by atoms with Gasteiger partial charge in [-0.25, -0.2) is 0 Å². The van der Waals surface area contributed by atoms with E-state index >= 15 is 0 Å². The van der Waals surface area contributed by atoms with Gasteiger partial charge in [-0.2, -0.15) is 0 Å². The average Bonchev–Trinajstić information content (AvgIpc) is 2.29. The van der Waals surface area contributed by atoms with E-state index in [-0.39, 0.29) is 12.5 Å². The summed E-state index contributed by atoms with van der Waals surface area (Å²) in [6, 6.07) is 3.84. The number of rotatable bonds is 2. The molecule has 5 heteroatoms. The monoisotopic (exact) mass is 299 g/mol. The van der Waals surface area contributed by atoms with E-state index < -0.39 is 0 Å². The Bertz CT molecular complexity index is 448. The molecule has 4 nitrogen and oxygen atoms in total. The molecule has 1 heterocycles. The minimum absolute atomic E-state index is 0.0278. The van der Waals surface area contributed by atoms with Crippen LogP contribution in [0.5, 0.6) is 5.75 Å². The minimum atomic E-state index is -0.0278. The largest absolute Gasteiger partial charge is 0.495 e. The number of hydrogen-bond donors (Lipinski definition) is 0. The Labute approximate surface area is 109 Å². The van der Waals surface area contributed by atoms with E-state index in [0.717, 1.165) is 15.7 Å². The second kappa shape index (κ2) is 5.06. The highest BCUT2D eigenvalue weighted by atomic mass is 79.9. The summed E-state index contributed by atoms with van der Waals surface area (Å²) in [7, 11) is 1.61. The van der Waals surface area contributed by atoms with Crippen LogP contribution in [0, 0.1) is 6.92 Å². The van der Waals surface area contributed by atoms with Gasteiger partial charge < -0.3 is 14.4 Å². The van der Waals surface area contributed by atoms with E-state index in [4.69, 9.17) is 9.47 Å². The number of amides is 1. The van der Waals surface area contributed by atoms with Crippen molar-refractivity contribution in [2.75, 3.05) is 31.8 Å². The van der Waals surface area contributed by atoms with Gasteiger partial charge >= 0.3 is 0 Å². The average molecular weight is 300 g/mol. The molecule has 1 aromatic carbocycles. The first kappa shape index (κ1) is 12.4. The van der Waals surface area contributed by atoms with Crippen molar-refractivity contribution >= 4 is 27.5 Å². The molecule has 1 aliphatic rings. The SMILES string of the molecule is COc1cc(Br)cc(C)c1N1CCOCC1=O. The molecule has 0 radical (unpaired) electrons. The highest BCUT2D eigenvalue weighted by Gasteiger charge is 2.24. The third kappa shape index (κ3) is 2.45. The van der Waals surface area contributed by atoms with E-state index in [1.165, 1.54) is 0 Å². The van der Waals surface area contributed by atoms with Gasteiger partial charge in [0.05, 0.1) is 19.4 Å². The van der Waals surface area contributed by atoms with Gasteiger partial charge in [0.25, 0.3) is 5.91 Å². The molecule has 1 saturated heterocycles. The lowest BCUT2D eigenvalue weighted by Gasteiger charge is -2.29. The predicted octanol–water partition coefficient (Wildman–Crippen LogP) is 2.13. The zero-order valence-corrected chi connectivity index (χ0v) is 11.4. The number of ether oxygens (including phenoxy) is 2. The Morgan fingerprint density at radius 3 is 2.88 bits per heavy atom. The maximum Gasteiger partial charge on any atom is 0.253 e. The van der Waals surface area contributed by atoms with E-state index in [2.05, 4.69) is 15.9 Å². The van der Waals surface area contributed by atoms with Gasteiger partial charge in [0, 0.05) is 11.0 Å². The van der Waals surface area contributed by atoms with Crippen molar-refractivity contribution < 1.29 is 14.3 Å². The molecule has 1 fully saturated rings. The maximum absolute atomic E-state index is 11.8. The number of methoxy groups -OCH3 is 1. The summed E-state index contributed by atoms with van der Waals surface area (Å²) in [5.74, 6) is 0.673. The van der Waals surface area contributed by atoms with Crippen molar-refractivity contribution in [2.24, 2.45) is 0 Å². The molecule has 0 saturated carbocycles. The number of benzene rings is 1. The first-order valence-electron chi connectivity index (χ1n) is 5.35. The lowest BCUT2D eigenvalue weighted by Crippen LogP contribution is -2.42. The summed E-state index contributed by atoms with van der Waals surface area (Å²) in [6.45, 7) is 3.23. The smallest absolute Gasteiger partial charge is 0.253 e. The van der Waals surface area contributed by atoms with Crippen molar-refractivity contribution in [2.45, 2.75) is 6.92 Å². The number of halogens is 1. The van der Waals surface area contributed by atoms with Crippen LogP contribution in [0.15, 0.2) is 16.6 Å². The summed E-state index contributed by atoms with van der Waals surface area (Å²) in [5.41, 5.74) is 1.84. The van der Waals surface area contributed by atoms with Crippen LogP contribution >= 0.6 is 15.9 Å². The first-order chi connectivity index (χ1) is 8.13. The summed E-state index contributed by atoms with van der Waals surface area (Å²) in [5, 5.41) is 0. The van der Waals surface area contributed by atoms with Crippen molar-refractivity contribution in [1.29, 1.82) is 0 Å². The van der Waals surface area contributed by atoms with Crippen LogP contribution in [-0.4, -0.2) is 32.8 Å². The molecule has 0 N–H and O–H groups in total. The Morgan fingerprint density at radius 1 is 1.47 bits per heavy atom. The van der Waals surface area contributed by atoms with E-state index in [1.54, 1.807) is 12.0 Å². The molecule has 2 rings (SSSR count). The molecule has 0 unspecified atom stereocenters. The van der Waals surface area contributed by atoms with Crippen LogP contribution in [0.3, 0.4) is 0 Å². The third-order valence-electron chi connectivity index (χ3n) is 2.71. The Balaban J connectivity index is 2.46. The predicted molar refractivity (Wildman–Crippen MR) is 68.6 cm³/mol. The number of carbonyl (C=O) groups is 1. The van der Waals surface area contributed by atoms with Gasteiger partial charge in [-0.05, 0) is 24.6 Å². The topological polar surface area (TPSA) is 38.8 Å². The Morgan fingerprint density at radius 2 is 2.24 bits per heavy atom. The standard InChI is InChI=1S/C12H14BrNO3/c1-8-5-9(13)6-10(16-2)12(8)14-3-4-17-7-11(14)15/h5-6H,3-4,7H2,1-2H3. The molecule has 0 aromatic heterocycles. The van der Waals surface area contributed by atoms with Crippen molar-refractivity contribution in [3.8, 4) is 5.75 Å². The Kier molecular flexibility index (Phi) is 3.69. The maximum atomic E-state index is 11.8. The quantitative estimate of drug-likeness (QED) is 0.840. The van der Waals surface area contributed by atoms with E-state index in [1.807, 2.05) is 19.1 Å². The molecular weight excluding hydrogens is 286 g/mol. The normalized spacial score (nSPS) is 16.2. The summed E-state index contributed by atoms with van der Waals surface area (Å²) >= 11 is 3.42. The molecule has 1 aromatic rings. The number of hydrogen-bond acceptors (Lipinski definition) is 3. The molecule has 1 aliphatic heterocycles. The third-order valence-corrected chi connectivity index (χ3v) is 3.16. The van der Waals surface area contributed by atoms with Gasteiger partial charge in [0.15, 0.2) is 0 Å². The summed E-state index contributed by atoms with van der Waals surface area (Å²) < 4.78 is 11.4. The Hall–Kier alpha value is -1.07. The van der Waals surface area contributed by atoms with Crippen LogP contribution in [0.4, 0.5) is 5.69 Å². The number of nitrogens with zero attached hydrogens (tertiary/aromatic N) is 1. The number of carbonyl (C=O) groups excluding carboxylic acids is 1. The lowest BCUT2D eigenvalue weighted by atomic mass is 10.1. The van der Waals surface area contributed by atoms with Gasteiger partial charge in [-0.1, -0.05) is 15.9 Å². The van der Waals surface area contributed by atoms with Gasteiger partial charge in [0.1, 0.15) is 12.4 Å². The lowest BCUT2D eigenvalue weighted by molar-refractivity contribution is -0.125. The second-order valence-electron chi connectivity index (χ2n) is 3.87. The number of morpholine rings is 1. The molecule has 0 spiro atoms. The van der Waals surface area contributed by atoms with Crippen LogP contribution < -0.4 is 9.64 Å². The fourth-order valence-corrected chi connectivity index (χ4v) is 2.51. The zero-order valence-electron chi connectivity index (χ0n) is 9.83. The highest BCUT2D eigenvalue weighted by molar-refractivity contribution is 9.10. The fraction of sp³-hybridized carbons (Fsp3) is 0.417. The molecular formula is C12H14BrNO3. The molecule has 1 amide bonds. The second-order valence-corrected chi connectivity index (χ2v) is 4.79. The fourth-order valence-electron chi connectivity index (χ4n) is 1.96. The van der Waals surface area contributed by atoms with Crippen LogP contribution in [-0.2, 0) is 9.53 Å². The molecule has 92 valence electrons. The molecule has 17 heavy (non-hydrogen) atoms. The summed E-state index contributed by atoms with van der Waals surface area (Å²) in [4.78, 5) is 13.6. The molecule has 0 atom stereocenters. The summed E-state index contributed by atoms with van der Waals surface area (Å²) in [6.07, 6.45) is 0. The van der Waals surface area contributed by atoms with Crippen LogP contribution in [0.2, 0.25) is 0 Å². The first-order valence-corrected chi connectivity index (χ1v) is 6.15. The molecule has 0 bridgehead atoms. The van der Waals surface area contributed by atoms with Gasteiger partial charge in [-0.3, -0.25) is 4.79 Å². The van der Waals surface area contributed by atoms with Crippen molar-refractivity contribution in [3.05, 3.63) is 22.2 Å². The van der Waals surface area contributed by atoms with Gasteiger partial charge in [0.2, 0.25) is 0 Å². The highest BCUT2D eigenvalue weighted by Crippen LogP contribution is 2.35. The van der Waals surface area contributed by atoms with Crippen molar-refractivity contribution in [1.82, 2.24) is 0 Å². The van der Waals surface area contributed by atoms with Crippen LogP contribution in [0.1, 0.15) is 5.56 Å². The minimum Gasteiger partial charge on any atom is -0.495 e. The van der Waals surface area contributed by atoms with Crippen LogP contribution in [0.25, 0.3) is 0 Å². The zero-order chi connectivity index (χ0) is 12.4. The van der Waals surface area contributed by atoms with E-state index in [9.17, 15) is 4.79 Å². The number of anilines is 1. The number of aryl methyl sites for hydroxylation is 1. The van der Waals surface area contributed by atoms with Crippen molar-refractivity contribution in [3.63, 3.8) is 0 Å². The molecule has 0 aliphatic carbocycles. The van der Waals surface area contributed by atoms with Gasteiger partial charge in [-0.15, -0.1) is 0 Å².